The summed E-state index contributed by atoms with van der Waals surface area (Å²) in [5, 5.41) is 0. The quantitative estimate of drug-likeness (QED) is 0.551. The topological polar surface area (TPSA) is 9.23 Å². The predicted molar refractivity (Wildman–Crippen MR) is 52.9 cm³/mol. The second-order valence-corrected chi connectivity index (χ2v) is 9.98. The SMILES string of the molecule is C[Si](C)O[Si](C)(C)C.[CH2-]C.[Y]. The number of hydrogen-bond donors (Lipinski definition) is 0. The molecular formula is C7H20OSi2Y-. The second-order valence-electron chi connectivity index (χ2n) is 3.12. The van der Waals surface area contributed by atoms with Crippen LogP contribution in [0, 0.1) is 6.92 Å². The van der Waals surface area contributed by atoms with E-state index in [0.29, 0.717) is 0 Å². The third-order valence-electron chi connectivity index (χ3n) is 0.510. The molecule has 0 aliphatic rings. The van der Waals surface area contributed by atoms with Crippen LogP contribution in [0.2, 0.25) is 32.7 Å². The largest absolute Gasteiger partial charge is 0.456 e. The summed E-state index contributed by atoms with van der Waals surface area (Å²) in [5.74, 6) is 0. The molecule has 0 aliphatic carbocycles. The fraction of sp³-hybridized carbons (Fsp3) is 0.857. The summed E-state index contributed by atoms with van der Waals surface area (Å²) in [7, 11) is -1.61. The van der Waals surface area contributed by atoms with E-state index in [1.807, 2.05) is 0 Å². The molecule has 0 amide bonds. The van der Waals surface area contributed by atoms with Crippen molar-refractivity contribution in [3.05, 3.63) is 6.92 Å². The average molecular weight is 265 g/mol. The minimum Gasteiger partial charge on any atom is -0.456 e. The smallest absolute Gasteiger partial charge is 0.191 e. The number of rotatable bonds is 2. The van der Waals surface area contributed by atoms with Crippen molar-refractivity contribution in [1.29, 1.82) is 0 Å². The summed E-state index contributed by atoms with van der Waals surface area (Å²) in [4.78, 5) is 0. The molecule has 1 nitrogen and oxygen atoms in total. The van der Waals surface area contributed by atoms with E-state index in [0.717, 1.165) is 0 Å². The van der Waals surface area contributed by atoms with E-state index in [1.165, 1.54) is 0 Å². The second kappa shape index (κ2) is 9.58. The van der Waals surface area contributed by atoms with E-state index in [1.54, 1.807) is 6.92 Å². The molecule has 0 aromatic rings. The van der Waals surface area contributed by atoms with Crippen LogP contribution in [0.4, 0.5) is 0 Å². The summed E-state index contributed by atoms with van der Waals surface area (Å²) in [5.41, 5.74) is 0. The van der Waals surface area contributed by atoms with Crippen molar-refractivity contribution in [1.82, 2.24) is 0 Å². The van der Waals surface area contributed by atoms with E-state index in [9.17, 15) is 0 Å². The zero-order valence-electron chi connectivity index (χ0n) is 8.69. The minimum atomic E-state index is -1.18. The Morgan fingerprint density at radius 1 is 1.09 bits per heavy atom. The Hall–Kier alpha value is 1.50. The Morgan fingerprint density at radius 2 is 1.36 bits per heavy atom. The Morgan fingerprint density at radius 3 is 1.36 bits per heavy atom. The monoisotopic (exact) mass is 265 g/mol. The maximum absolute atomic E-state index is 5.68. The predicted octanol–water partition coefficient (Wildman–Crippen LogP) is 2.93. The molecule has 0 aromatic carbocycles. The molecule has 0 N–H and O–H groups in total. The van der Waals surface area contributed by atoms with Crippen molar-refractivity contribution in [2.45, 2.75) is 39.7 Å². The van der Waals surface area contributed by atoms with E-state index >= 15 is 0 Å². The molecule has 0 rings (SSSR count). The van der Waals surface area contributed by atoms with E-state index in [-0.39, 0.29) is 32.7 Å². The molecular weight excluding hydrogens is 245 g/mol. The fourth-order valence-corrected chi connectivity index (χ4v) is 5.51. The van der Waals surface area contributed by atoms with Crippen LogP contribution in [-0.4, -0.2) is 17.4 Å². The molecule has 11 heavy (non-hydrogen) atoms. The van der Waals surface area contributed by atoms with Gasteiger partial charge in [0, 0.05) is 32.7 Å². The van der Waals surface area contributed by atoms with Gasteiger partial charge in [-0.3, -0.25) is 0 Å². The Bertz CT molecular complexity index is 71.3. The van der Waals surface area contributed by atoms with E-state index < -0.39 is 17.4 Å². The van der Waals surface area contributed by atoms with Gasteiger partial charge in [0.15, 0.2) is 17.4 Å². The molecule has 0 unspecified atom stereocenters. The molecule has 0 aromatic heterocycles. The van der Waals surface area contributed by atoms with Gasteiger partial charge < -0.3 is 11.0 Å². The van der Waals surface area contributed by atoms with Crippen LogP contribution in [0.25, 0.3) is 0 Å². The van der Waals surface area contributed by atoms with E-state index in [4.69, 9.17) is 4.12 Å². The molecule has 0 atom stereocenters. The molecule has 66 valence electrons. The zero-order chi connectivity index (χ0) is 8.78. The fourth-order valence-electron chi connectivity index (χ4n) is 0.612. The van der Waals surface area contributed by atoms with Crippen LogP contribution in [-0.2, 0) is 36.8 Å². The molecule has 0 bridgehead atoms. The zero-order valence-corrected chi connectivity index (χ0v) is 13.5. The van der Waals surface area contributed by atoms with Gasteiger partial charge in [-0.25, -0.2) is 0 Å². The van der Waals surface area contributed by atoms with Gasteiger partial charge in [0.2, 0.25) is 0 Å². The number of hydrogen-bond acceptors (Lipinski definition) is 1. The Balaban J connectivity index is -0.000000196. The first-order chi connectivity index (χ1) is 4.42. The third kappa shape index (κ3) is 24.6. The van der Waals surface area contributed by atoms with Crippen LogP contribution in [0.5, 0.6) is 0 Å². The molecule has 0 saturated carbocycles. The molecule has 0 fully saturated rings. The van der Waals surface area contributed by atoms with E-state index in [2.05, 4.69) is 39.7 Å². The molecule has 4 heteroatoms. The summed E-state index contributed by atoms with van der Waals surface area (Å²) in [6, 6.07) is 0. The summed E-state index contributed by atoms with van der Waals surface area (Å²) >= 11 is 0. The van der Waals surface area contributed by atoms with Crippen molar-refractivity contribution in [3.63, 3.8) is 0 Å². The molecule has 0 heterocycles. The Labute approximate surface area is 100 Å². The van der Waals surface area contributed by atoms with Gasteiger partial charge in [0.05, 0.1) is 0 Å². The first-order valence-corrected chi connectivity index (χ1v) is 9.43. The van der Waals surface area contributed by atoms with Crippen molar-refractivity contribution in [2.75, 3.05) is 0 Å². The van der Waals surface area contributed by atoms with Gasteiger partial charge in [-0.15, -0.1) is 0 Å². The molecule has 0 saturated heterocycles. The first kappa shape index (κ1) is 18.3. The average Bonchev–Trinajstić information content (AvgIpc) is 1.64. The van der Waals surface area contributed by atoms with Gasteiger partial charge in [0.25, 0.3) is 0 Å². The van der Waals surface area contributed by atoms with Crippen LogP contribution < -0.4 is 0 Å². The normalized spacial score (nSPS) is 9.82. The molecule has 2 radical (unpaired) electrons. The van der Waals surface area contributed by atoms with Crippen LogP contribution >= 0.6 is 0 Å². The third-order valence-corrected chi connectivity index (χ3v) is 4.59. The summed E-state index contributed by atoms with van der Waals surface area (Å²) in [6.07, 6.45) is 0. The van der Waals surface area contributed by atoms with Gasteiger partial charge in [-0.1, -0.05) is 0 Å². The van der Waals surface area contributed by atoms with Gasteiger partial charge in [-0.05, 0) is 32.7 Å². The van der Waals surface area contributed by atoms with Crippen molar-refractivity contribution < 1.29 is 36.8 Å². The van der Waals surface area contributed by atoms with Gasteiger partial charge in [0.1, 0.15) is 0 Å². The van der Waals surface area contributed by atoms with Crippen molar-refractivity contribution in [3.8, 4) is 0 Å². The maximum Gasteiger partial charge on any atom is 0.191 e. The molecule has 0 aliphatic heterocycles. The van der Waals surface area contributed by atoms with Gasteiger partial charge in [-0.2, -0.15) is 6.92 Å². The maximum atomic E-state index is 5.68. The van der Waals surface area contributed by atoms with Crippen molar-refractivity contribution >= 4 is 17.4 Å². The Kier molecular flexibility index (Phi) is 16.0. The molecule has 0 spiro atoms. The summed E-state index contributed by atoms with van der Waals surface area (Å²) in [6.45, 7) is 16.0. The van der Waals surface area contributed by atoms with Crippen LogP contribution in [0.3, 0.4) is 0 Å². The van der Waals surface area contributed by atoms with Gasteiger partial charge >= 0.3 is 0 Å². The first-order valence-electron chi connectivity index (χ1n) is 3.62. The van der Waals surface area contributed by atoms with Crippen LogP contribution in [0.15, 0.2) is 0 Å². The standard InChI is InChI=1S/C5H15OSi2.C2H5.Y/c1-7(2)6-8(3,4)5;1-2;/h1-5H3;1H2,2H3;/q;-1;. The van der Waals surface area contributed by atoms with Crippen molar-refractivity contribution in [2.24, 2.45) is 0 Å². The summed E-state index contributed by atoms with van der Waals surface area (Å²) < 4.78 is 5.68. The van der Waals surface area contributed by atoms with Crippen LogP contribution in [0.1, 0.15) is 6.92 Å². The minimum absolute atomic E-state index is 0.